The Kier molecular flexibility index (Phi) is 24.6. The van der Waals surface area contributed by atoms with Crippen molar-refractivity contribution in [3.8, 4) is 70.6 Å². The monoisotopic (exact) mass is 1080 g/mol. The van der Waals surface area contributed by atoms with Crippen molar-refractivity contribution in [2.75, 3.05) is 52.9 Å². The summed E-state index contributed by atoms with van der Waals surface area (Å²) in [5.74, 6) is 11.3. The fraction of sp³-hybridized carbons (Fsp3) is 0.397. The molecular weight excluding hydrogens is 1010 g/mol. The summed E-state index contributed by atoms with van der Waals surface area (Å²) in [5, 5.41) is 37.6. The Balaban J connectivity index is 0.000000556. The van der Waals surface area contributed by atoms with Gasteiger partial charge in [0.2, 0.25) is 0 Å². The van der Waals surface area contributed by atoms with E-state index in [9.17, 15) is 39.0 Å². The van der Waals surface area contributed by atoms with Crippen LogP contribution in [0.25, 0.3) is 22.3 Å². The average molecular weight is 1090 g/mol. The highest BCUT2D eigenvalue weighted by atomic mass is 16.6. The van der Waals surface area contributed by atoms with Crippen LogP contribution >= 0.6 is 0 Å². The number of benzene rings is 4. The van der Waals surface area contributed by atoms with E-state index >= 15 is 0 Å². The number of hydrogen-bond acceptors (Lipinski definition) is 16. The largest absolute Gasteiger partial charge is 0.465 e. The molecule has 2 aliphatic rings. The second-order valence-corrected chi connectivity index (χ2v) is 18.0. The smallest absolute Gasteiger partial charge is 0.325 e. The fourth-order valence-corrected chi connectivity index (χ4v) is 9.26. The molecule has 0 spiro atoms. The van der Waals surface area contributed by atoms with Crippen LogP contribution in [0.1, 0.15) is 102 Å². The van der Waals surface area contributed by atoms with E-state index in [1.165, 1.54) is 0 Å². The first-order valence-corrected chi connectivity index (χ1v) is 25.9. The van der Waals surface area contributed by atoms with Crippen molar-refractivity contribution in [2.45, 2.75) is 93.3 Å². The highest BCUT2D eigenvalue weighted by Gasteiger charge is 2.54. The highest BCUT2D eigenvalue weighted by molar-refractivity contribution is 6.03. The Morgan fingerprint density at radius 3 is 1.03 bits per heavy atom. The van der Waals surface area contributed by atoms with Crippen LogP contribution in [0.2, 0.25) is 0 Å². The van der Waals surface area contributed by atoms with E-state index in [1.807, 2.05) is 72.8 Å². The maximum Gasteiger partial charge on any atom is 0.325 e. The first kappa shape index (κ1) is 63.3. The molecule has 4 aromatic rings. The van der Waals surface area contributed by atoms with E-state index in [2.05, 4.69) is 35.5 Å². The van der Waals surface area contributed by atoms with Crippen molar-refractivity contribution in [3.05, 3.63) is 117 Å². The SMILES string of the molecule is C#CCC(CC#C)(C(=O)OCC)C(=O)OCC.CCOC(=O)C1(C(=O)OCC)Cc2cc(CO)c(-c3ccc(-c4cc5c(cc4CO)CC(C(=O)OCC)(C(=O)OCC)C5)cc3)cc2C1.OCC#Cc1ccc(C#CCO)cc1.[HH].[HH]. The Labute approximate surface area is 465 Å². The first-order valence-electron chi connectivity index (χ1n) is 25.9. The molecular formula is C63H72O16. The Morgan fingerprint density at radius 1 is 0.481 bits per heavy atom. The van der Waals surface area contributed by atoms with Gasteiger partial charge in [0.25, 0.3) is 0 Å². The van der Waals surface area contributed by atoms with Crippen LogP contribution in [0, 0.1) is 64.6 Å². The molecule has 0 radical (unpaired) electrons. The molecule has 0 aliphatic heterocycles. The predicted octanol–water partition coefficient (Wildman–Crippen LogP) is 6.44. The molecule has 4 aromatic carbocycles. The molecule has 4 N–H and O–H groups in total. The van der Waals surface area contributed by atoms with Gasteiger partial charge in [0.05, 0.1) is 52.9 Å². The van der Waals surface area contributed by atoms with Gasteiger partial charge < -0.3 is 48.8 Å². The third kappa shape index (κ3) is 15.1. The third-order valence-electron chi connectivity index (χ3n) is 13.0. The predicted molar refractivity (Wildman–Crippen MR) is 297 cm³/mol. The van der Waals surface area contributed by atoms with Gasteiger partial charge in [0, 0.05) is 26.8 Å². The molecule has 0 atom stereocenters. The molecule has 16 heteroatoms. The molecule has 0 saturated carbocycles. The lowest BCUT2D eigenvalue weighted by molar-refractivity contribution is -0.173. The average Bonchev–Trinajstić information content (AvgIpc) is 4.06. The Morgan fingerprint density at radius 2 is 0.772 bits per heavy atom. The fourth-order valence-electron chi connectivity index (χ4n) is 9.26. The van der Waals surface area contributed by atoms with Crippen LogP contribution in [0.3, 0.4) is 0 Å². The van der Waals surface area contributed by atoms with E-state index < -0.39 is 52.1 Å². The number of aliphatic hydroxyl groups excluding tert-OH is 4. The highest BCUT2D eigenvalue weighted by Crippen LogP contribution is 2.45. The number of esters is 6. The summed E-state index contributed by atoms with van der Waals surface area (Å²) in [6.45, 7) is 10.1. The zero-order valence-electron chi connectivity index (χ0n) is 45.6. The van der Waals surface area contributed by atoms with Crippen molar-refractivity contribution in [1.29, 1.82) is 0 Å². The van der Waals surface area contributed by atoms with E-state index in [-0.39, 0.29) is 107 Å². The van der Waals surface area contributed by atoms with Gasteiger partial charge in [-0.1, -0.05) is 72.2 Å². The van der Waals surface area contributed by atoms with E-state index in [1.54, 1.807) is 41.5 Å². The van der Waals surface area contributed by atoms with Crippen LogP contribution < -0.4 is 0 Å². The maximum atomic E-state index is 13.1. The summed E-state index contributed by atoms with van der Waals surface area (Å²) in [7, 11) is 0. The van der Waals surface area contributed by atoms with Crippen molar-refractivity contribution in [1.82, 2.24) is 0 Å². The number of fused-ring (bicyclic) bond motifs is 2. The first-order chi connectivity index (χ1) is 38.1. The zero-order valence-corrected chi connectivity index (χ0v) is 45.6. The molecule has 2 aliphatic carbocycles. The number of terminal acetylenes is 2. The van der Waals surface area contributed by atoms with Gasteiger partial charge in [0.15, 0.2) is 16.2 Å². The molecule has 0 bridgehead atoms. The zero-order chi connectivity index (χ0) is 58.2. The minimum Gasteiger partial charge on any atom is -0.465 e. The van der Waals surface area contributed by atoms with Crippen LogP contribution in [-0.4, -0.2) is 109 Å². The molecule has 0 heterocycles. The molecule has 420 valence electrons. The molecule has 0 aromatic heterocycles. The lowest BCUT2D eigenvalue weighted by Gasteiger charge is -2.25. The molecule has 0 amide bonds. The van der Waals surface area contributed by atoms with E-state index in [0.29, 0.717) is 11.1 Å². The van der Waals surface area contributed by atoms with Crippen molar-refractivity contribution < 1.29 is 80.5 Å². The summed E-state index contributed by atoms with van der Waals surface area (Å²) in [6, 6.07) is 22.4. The van der Waals surface area contributed by atoms with E-state index in [0.717, 1.165) is 55.6 Å². The summed E-state index contributed by atoms with van der Waals surface area (Å²) >= 11 is 0. The second-order valence-electron chi connectivity index (χ2n) is 18.0. The van der Waals surface area contributed by atoms with Gasteiger partial charge >= 0.3 is 35.8 Å². The van der Waals surface area contributed by atoms with E-state index in [4.69, 9.17) is 51.5 Å². The summed E-state index contributed by atoms with van der Waals surface area (Å²) in [4.78, 5) is 76.0. The standard InChI is InChI=1S/C38H42O10.C13H16O4.C12H10O2.2H2/c1-5-45-33(41)37(34(42)46-6-2)17-25-13-29(21-39)31(15-27(25)19-37)23-9-11-24(12-10-23)32-16-28-20-38(35(43)47-7-3,36(44)48-8-4)18-26(28)14-30(32)22-40;1-5-9-13(10-6-2,11(14)16-7-3)12(15)17-8-4;13-9-1-3-11-5-7-12(8-6-11)4-2-10-14;;/h9-16,39-40H,5-8,17-22H2,1-4H3;1-2H,7-10H2,3-4H3;5-8,13-14H,9-10H2;2*1H. The molecule has 6 rings (SSSR count). The van der Waals surface area contributed by atoms with Gasteiger partial charge in [-0.25, -0.2) is 0 Å². The van der Waals surface area contributed by atoms with Gasteiger partial charge in [0.1, 0.15) is 13.2 Å². The van der Waals surface area contributed by atoms with Crippen molar-refractivity contribution in [3.63, 3.8) is 0 Å². The number of aliphatic hydroxyl groups is 4. The minimum atomic E-state index is -1.57. The Hall–Kier alpha value is -8.22. The van der Waals surface area contributed by atoms with Crippen LogP contribution in [0.5, 0.6) is 0 Å². The third-order valence-corrected chi connectivity index (χ3v) is 13.0. The van der Waals surface area contributed by atoms with Crippen LogP contribution in [0.4, 0.5) is 0 Å². The van der Waals surface area contributed by atoms with Crippen LogP contribution in [-0.2, 0) is 96.1 Å². The normalized spacial score (nSPS) is 12.9. The molecule has 79 heavy (non-hydrogen) atoms. The van der Waals surface area contributed by atoms with Gasteiger partial charge in [-0.05, 0) is 147 Å². The Bertz CT molecular complexity index is 2800. The van der Waals surface area contributed by atoms with Crippen molar-refractivity contribution >= 4 is 35.8 Å². The molecule has 0 unspecified atom stereocenters. The minimum absolute atomic E-state index is 0. The van der Waals surface area contributed by atoms with Crippen molar-refractivity contribution in [2.24, 2.45) is 16.2 Å². The summed E-state index contributed by atoms with van der Waals surface area (Å²) in [6.07, 6.45) is 10.6. The van der Waals surface area contributed by atoms with Gasteiger partial charge in [-0.15, -0.1) is 24.7 Å². The maximum absolute atomic E-state index is 13.1. The van der Waals surface area contributed by atoms with Crippen LogP contribution in [0.15, 0.2) is 72.8 Å². The number of ether oxygens (including phenoxy) is 6. The number of carbonyl (C=O) groups excluding carboxylic acids is 6. The number of carbonyl (C=O) groups is 6. The molecule has 0 saturated heterocycles. The summed E-state index contributed by atoms with van der Waals surface area (Å²) in [5.41, 5.74) is 4.77. The molecule has 16 nitrogen and oxygen atoms in total. The quantitative estimate of drug-likeness (QED) is 0.0363. The number of rotatable bonds is 18. The van der Waals surface area contributed by atoms with Gasteiger partial charge in [-0.3, -0.25) is 28.8 Å². The summed E-state index contributed by atoms with van der Waals surface area (Å²) < 4.78 is 30.9. The lowest BCUT2D eigenvalue weighted by atomic mass is 9.81. The second kappa shape index (κ2) is 30.6. The molecule has 0 fully saturated rings. The number of hydrogen-bond donors (Lipinski definition) is 4. The topological polar surface area (TPSA) is 239 Å². The lowest BCUT2D eigenvalue weighted by Crippen LogP contribution is -2.43. The van der Waals surface area contributed by atoms with Gasteiger partial charge in [-0.2, -0.15) is 0 Å².